The minimum atomic E-state index is 0.154. The fourth-order valence-electron chi connectivity index (χ4n) is 2.77. The van der Waals surface area contributed by atoms with Gasteiger partial charge in [-0.3, -0.25) is 10.7 Å². The maximum atomic E-state index is 9.21. The highest BCUT2D eigenvalue weighted by molar-refractivity contribution is 5.90. The zero-order chi connectivity index (χ0) is 13.6. The van der Waals surface area contributed by atoms with E-state index in [4.69, 9.17) is 0 Å². The molecule has 0 radical (unpaired) electrons. The molecular weight excluding hydrogens is 236 g/mol. The van der Waals surface area contributed by atoms with Crippen molar-refractivity contribution in [3.63, 3.8) is 0 Å². The van der Waals surface area contributed by atoms with E-state index in [1.54, 1.807) is 0 Å². The number of hydroxylamine groups is 1. The number of aryl methyl sites for hydroxylation is 1. The van der Waals surface area contributed by atoms with E-state index in [1.807, 2.05) is 6.08 Å². The van der Waals surface area contributed by atoms with Gasteiger partial charge in [-0.15, -0.1) is 0 Å². The van der Waals surface area contributed by atoms with Gasteiger partial charge in [0.25, 0.3) is 0 Å². The molecule has 19 heavy (non-hydrogen) atoms. The predicted molar refractivity (Wildman–Crippen MR) is 78.2 cm³/mol. The van der Waals surface area contributed by atoms with E-state index >= 15 is 0 Å². The third-order valence-electron chi connectivity index (χ3n) is 3.90. The Morgan fingerprint density at radius 2 is 2.05 bits per heavy atom. The summed E-state index contributed by atoms with van der Waals surface area (Å²) in [6.07, 6.45) is 4.01. The molecule has 1 aliphatic carbocycles. The van der Waals surface area contributed by atoms with Gasteiger partial charge in [0.15, 0.2) is 0 Å². The maximum absolute atomic E-state index is 9.21. The van der Waals surface area contributed by atoms with Crippen LogP contribution in [0, 0.1) is 0 Å². The summed E-state index contributed by atoms with van der Waals surface area (Å²) in [5.74, 6) is 0. The Bertz CT molecular complexity index is 659. The van der Waals surface area contributed by atoms with Gasteiger partial charge in [0, 0.05) is 10.9 Å². The number of aromatic nitrogens is 1. The van der Waals surface area contributed by atoms with E-state index in [1.165, 1.54) is 16.5 Å². The lowest BCUT2D eigenvalue weighted by atomic mass is 9.86. The fraction of sp³-hybridized carbons (Fsp3) is 0.375. The van der Waals surface area contributed by atoms with Crippen LogP contribution in [-0.2, 0) is 11.8 Å². The Labute approximate surface area is 113 Å². The summed E-state index contributed by atoms with van der Waals surface area (Å²) in [5.41, 5.74) is 8.05. The molecule has 100 valence electrons. The molecule has 3 N–H and O–H groups in total. The fourth-order valence-corrected chi connectivity index (χ4v) is 2.77. The lowest BCUT2D eigenvalue weighted by Crippen LogP contribution is -2.11. The van der Waals surface area contributed by atoms with Crippen LogP contribution < -0.4 is 5.48 Å². The Balaban J connectivity index is 2.22. The van der Waals surface area contributed by atoms with E-state index in [0.29, 0.717) is 0 Å². The molecule has 3 heteroatoms. The highest BCUT2D eigenvalue weighted by Gasteiger charge is 2.20. The molecule has 2 aromatic rings. The molecule has 0 atom stereocenters. The van der Waals surface area contributed by atoms with E-state index < -0.39 is 0 Å². The van der Waals surface area contributed by atoms with Gasteiger partial charge in [-0.2, -0.15) is 0 Å². The molecule has 0 fully saturated rings. The van der Waals surface area contributed by atoms with Crippen LogP contribution in [0.4, 0.5) is 0 Å². The lowest BCUT2D eigenvalue weighted by Gasteiger charge is -2.19. The second kappa shape index (κ2) is 4.14. The monoisotopic (exact) mass is 256 g/mol. The smallest absolute Gasteiger partial charge is 0.0800 e. The molecular formula is C16H20N2O. The predicted octanol–water partition coefficient (Wildman–Crippen LogP) is 3.73. The molecule has 1 aromatic carbocycles. The molecule has 0 spiro atoms. The number of nitrogens with one attached hydrogen (secondary N) is 2. The number of fused-ring (bicyclic) bond motifs is 3. The third-order valence-corrected chi connectivity index (χ3v) is 3.90. The van der Waals surface area contributed by atoms with Gasteiger partial charge in [0.1, 0.15) is 0 Å². The first-order valence-corrected chi connectivity index (χ1v) is 6.76. The first kappa shape index (κ1) is 12.3. The number of hydrogen-bond acceptors (Lipinski definition) is 2. The molecule has 0 aliphatic heterocycles. The molecule has 1 aromatic heterocycles. The first-order valence-electron chi connectivity index (χ1n) is 6.76. The van der Waals surface area contributed by atoms with Crippen LogP contribution in [0.15, 0.2) is 24.3 Å². The third kappa shape index (κ3) is 1.94. The van der Waals surface area contributed by atoms with Crippen LogP contribution in [0.25, 0.3) is 16.6 Å². The zero-order valence-electron chi connectivity index (χ0n) is 11.7. The van der Waals surface area contributed by atoms with Gasteiger partial charge in [0.05, 0.1) is 11.4 Å². The van der Waals surface area contributed by atoms with Crippen LogP contribution >= 0.6 is 0 Å². The number of allylic oxidation sites excluding steroid dienone is 1. The molecule has 3 rings (SSSR count). The molecule has 0 saturated carbocycles. The molecule has 3 nitrogen and oxygen atoms in total. The summed E-state index contributed by atoms with van der Waals surface area (Å²) in [6.45, 7) is 6.69. The number of benzene rings is 1. The standard InChI is InChI=1S/C16H20N2O/c1-16(2,3)10-7-8-13-12(9-10)11-5-4-6-14(18-19)15(11)17-13/h6-9,17-19H,4-5H2,1-3H3. The van der Waals surface area contributed by atoms with Gasteiger partial charge in [-0.1, -0.05) is 32.9 Å². The maximum Gasteiger partial charge on any atom is 0.0800 e. The van der Waals surface area contributed by atoms with Crippen LogP contribution in [0.1, 0.15) is 44.0 Å². The van der Waals surface area contributed by atoms with E-state index in [-0.39, 0.29) is 5.41 Å². The molecule has 0 amide bonds. The van der Waals surface area contributed by atoms with E-state index in [2.05, 4.69) is 49.4 Å². The van der Waals surface area contributed by atoms with Crippen molar-refractivity contribution >= 4 is 16.6 Å². The molecule has 0 saturated heterocycles. The highest BCUT2D eigenvalue weighted by atomic mass is 16.5. The Morgan fingerprint density at radius 3 is 2.74 bits per heavy atom. The number of H-pyrrole nitrogens is 1. The Kier molecular flexibility index (Phi) is 2.68. The van der Waals surface area contributed by atoms with Crippen molar-refractivity contribution in [1.29, 1.82) is 0 Å². The van der Waals surface area contributed by atoms with Gasteiger partial charge in [0.2, 0.25) is 0 Å². The summed E-state index contributed by atoms with van der Waals surface area (Å²) in [6, 6.07) is 6.61. The highest BCUT2D eigenvalue weighted by Crippen LogP contribution is 2.34. The minimum absolute atomic E-state index is 0.154. The molecule has 0 bridgehead atoms. The first-order chi connectivity index (χ1) is 9.00. The minimum Gasteiger partial charge on any atom is -0.353 e. The van der Waals surface area contributed by atoms with Crippen molar-refractivity contribution in [2.24, 2.45) is 0 Å². The summed E-state index contributed by atoms with van der Waals surface area (Å²) in [5, 5.41) is 10.5. The van der Waals surface area contributed by atoms with Crippen molar-refractivity contribution in [1.82, 2.24) is 10.5 Å². The number of rotatable bonds is 1. The van der Waals surface area contributed by atoms with E-state index in [0.717, 1.165) is 29.7 Å². The SMILES string of the molecule is CC(C)(C)c1ccc2[nH]c3c(c2c1)CCC=C3NO. The molecule has 1 aliphatic rings. The van der Waals surface area contributed by atoms with Crippen molar-refractivity contribution in [3.05, 3.63) is 41.1 Å². The van der Waals surface area contributed by atoms with Gasteiger partial charge in [-0.25, -0.2) is 0 Å². The largest absolute Gasteiger partial charge is 0.353 e. The van der Waals surface area contributed by atoms with Crippen molar-refractivity contribution < 1.29 is 5.21 Å². The second-order valence-corrected chi connectivity index (χ2v) is 6.26. The van der Waals surface area contributed by atoms with Crippen LogP contribution in [0.3, 0.4) is 0 Å². The number of aromatic amines is 1. The summed E-state index contributed by atoms with van der Waals surface area (Å²) >= 11 is 0. The van der Waals surface area contributed by atoms with Crippen molar-refractivity contribution in [2.75, 3.05) is 0 Å². The number of hydrogen-bond donors (Lipinski definition) is 3. The summed E-state index contributed by atoms with van der Waals surface area (Å²) < 4.78 is 0. The quantitative estimate of drug-likeness (QED) is 0.681. The van der Waals surface area contributed by atoms with Crippen LogP contribution in [0.5, 0.6) is 0 Å². The average Bonchev–Trinajstić information content (AvgIpc) is 2.75. The van der Waals surface area contributed by atoms with Gasteiger partial charge < -0.3 is 4.98 Å². The van der Waals surface area contributed by atoms with Crippen molar-refractivity contribution in [3.8, 4) is 0 Å². The Hall–Kier alpha value is -1.74. The van der Waals surface area contributed by atoms with Crippen LogP contribution in [0.2, 0.25) is 0 Å². The summed E-state index contributed by atoms with van der Waals surface area (Å²) in [7, 11) is 0. The van der Waals surface area contributed by atoms with Gasteiger partial charge in [-0.05, 0) is 41.5 Å². The Morgan fingerprint density at radius 1 is 1.26 bits per heavy atom. The normalized spacial score (nSPS) is 15.3. The van der Waals surface area contributed by atoms with E-state index in [9.17, 15) is 5.21 Å². The lowest BCUT2D eigenvalue weighted by molar-refractivity contribution is 0.223. The van der Waals surface area contributed by atoms with Gasteiger partial charge >= 0.3 is 0 Å². The average molecular weight is 256 g/mol. The van der Waals surface area contributed by atoms with Crippen LogP contribution in [-0.4, -0.2) is 10.2 Å². The topological polar surface area (TPSA) is 48.0 Å². The zero-order valence-corrected chi connectivity index (χ0v) is 11.7. The second-order valence-electron chi connectivity index (χ2n) is 6.26. The summed E-state index contributed by atoms with van der Waals surface area (Å²) in [4.78, 5) is 3.40. The molecule has 1 heterocycles. The molecule has 0 unspecified atom stereocenters. The van der Waals surface area contributed by atoms with Crippen molar-refractivity contribution in [2.45, 2.75) is 39.0 Å².